The number of rotatable bonds is 5. The molecule has 3 aromatic heterocycles. The lowest BCUT2D eigenvalue weighted by atomic mass is 9.97. The number of carbonyl (C=O) groups is 1. The molecule has 0 saturated carbocycles. The maximum Gasteiger partial charge on any atom is 0.230 e. The Kier molecular flexibility index (Phi) is 5.99. The monoisotopic (exact) mass is 454 g/mol. The molecule has 5 rings (SSSR count). The van der Waals surface area contributed by atoms with Crippen molar-refractivity contribution in [1.29, 1.82) is 0 Å². The molecule has 34 heavy (non-hydrogen) atoms. The Morgan fingerprint density at radius 1 is 1.00 bits per heavy atom. The van der Waals surface area contributed by atoms with E-state index in [-0.39, 0.29) is 11.8 Å². The van der Waals surface area contributed by atoms with Gasteiger partial charge in [0.05, 0.1) is 17.3 Å². The molecule has 1 atom stereocenters. The fourth-order valence-corrected chi connectivity index (χ4v) is 4.28. The third kappa shape index (κ3) is 4.63. The Bertz CT molecular complexity index is 1290. The van der Waals surface area contributed by atoms with Gasteiger partial charge >= 0.3 is 0 Å². The highest BCUT2D eigenvalue weighted by Gasteiger charge is 2.27. The number of carbonyl (C=O) groups excluding carboxylic acids is 1. The van der Waals surface area contributed by atoms with Gasteiger partial charge in [-0.3, -0.25) is 4.79 Å². The van der Waals surface area contributed by atoms with E-state index in [1.807, 2.05) is 62.4 Å². The first-order valence-electron chi connectivity index (χ1n) is 11.4. The number of benzene rings is 1. The summed E-state index contributed by atoms with van der Waals surface area (Å²) >= 11 is 0. The summed E-state index contributed by atoms with van der Waals surface area (Å²) in [5.41, 5.74) is 3.74. The molecular weight excluding hydrogens is 428 g/mol. The number of piperidine rings is 1. The maximum atomic E-state index is 13.0. The van der Waals surface area contributed by atoms with E-state index < -0.39 is 0 Å². The van der Waals surface area contributed by atoms with Crippen LogP contribution in [0.25, 0.3) is 17.1 Å². The van der Waals surface area contributed by atoms with Gasteiger partial charge in [0.2, 0.25) is 5.91 Å². The first-order valence-corrected chi connectivity index (χ1v) is 11.4. The zero-order valence-electron chi connectivity index (χ0n) is 19.2. The number of aryl methyl sites for hydroxylation is 2. The second-order valence-electron chi connectivity index (χ2n) is 8.52. The Balaban J connectivity index is 1.26. The molecule has 9 heteroatoms. The molecule has 4 heterocycles. The Labute approximate surface area is 197 Å². The predicted octanol–water partition coefficient (Wildman–Crippen LogP) is 3.59. The van der Waals surface area contributed by atoms with Crippen LogP contribution in [0, 0.1) is 19.8 Å². The molecule has 0 aliphatic carbocycles. The smallest absolute Gasteiger partial charge is 0.230 e. The van der Waals surface area contributed by atoms with E-state index in [0.29, 0.717) is 18.2 Å². The van der Waals surface area contributed by atoms with Gasteiger partial charge in [-0.15, -0.1) is 10.2 Å². The third-order valence-electron chi connectivity index (χ3n) is 5.97. The molecule has 1 unspecified atom stereocenters. The molecule has 1 saturated heterocycles. The van der Waals surface area contributed by atoms with Gasteiger partial charge in [0, 0.05) is 30.4 Å². The number of hydrogen-bond donors (Lipinski definition) is 1. The third-order valence-corrected chi connectivity index (χ3v) is 5.97. The van der Waals surface area contributed by atoms with E-state index in [0.717, 1.165) is 47.8 Å². The van der Waals surface area contributed by atoms with E-state index in [2.05, 4.69) is 35.5 Å². The standard InChI is InChI=1S/C25H26N8O/c1-17-13-18(2)33(31-17)24-14-22(26-16-27-24)28-25(34)20-9-6-12-32(15-20)23-11-10-21(29-30-23)19-7-4-3-5-8-19/h3-5,7-8,10-11,13-14,16,20H,6,9,12,15H2,1-2H3,(H,26,27,28,34). The minimum atomic E-state index is -0.170. The lowest BCUT2D eigenvalue weighted by Gasteiger charge is -2.32. The van der Waals surface area contributed by atoms with Crippen molar-refractivity contribution in [1.82, 2.24) is 29.9 Å². The van der Waals surface area contributed by atoms with Gasteiger partial charge in [0.1, 0.15) is 12.1 Å². The zero-order chi connectivity index (χ0) is 23.5. The molecule has 4 aromatic rings. The largest absolute Gasteiger partial charge is 0.354 e. The highest BCUT2D eigenvalue weighted by Crippen LogP contribution is 2.24. The van der Waals surface area contributed by atoms with Crippen LogP contribution in [-0.2, 0) is 4.79 Å². The average Bonchev–Trinajstić information content (AvgIpc) is 3.22. The van der Waals surface area contributed by atoms with Crippen LogP contribution in [0.2, 0.25) is 0 Å². The number of aromatic nitrogens is 6. The van der Waals surface area contributed by atoms with Crippen molar-refractivity contribution in [2.24, 2.45) is 5.92 Å². The van der Waals surface area contributed by atoms with Crippen molar-refractivity contribution in [2.75, 3.05) is 23.3 Å². The lowest BCUT2D eigenvalue weighted by Crippen LogP contribution is -2.41. The van der Waals surface area contributed by atoms with E-state index in [9.17, 15) is 4.79 Å². The van der Waals surface area contributed by atoms with Gasteiger partial charge in [-0.1, -0.05) is 30.3 Å². The molecule has 1 N–H and O–H groups in total. The van der Waals surface area contributed by atoms with Crippen molar-refractivity contribution < 1.29 is 4.79 Å². The van der Waals surface area contributed by atoms with Gasteiger partial charge < -0.3 is 10.2 Å². The van der Waals surface area contributed by atoms with Crippen LogP contribution >= 0.6 is 0 Å². The van der Waals surface area contributed by atoms with Crippen molar-refractivity contribution in [3.05, 3.63) is 72.3 Å². The summed E-state index contributed by atoms with van der Waals surface area (Å²) in [6.07, 6.45) is 3.16. The minimum Gasteiger partial charge on any atom is -0.354 e. The summed E-state index contributed by atoms with van der Waals surface area (Å²) in [5.74, 6) is 1.64. The number of anilines is 2. The van der Waals surface area contributed by atoms with Crippen molar-refractivity contribution in [3.8, 4) is 17.1 Å². The van der Waals surface area contributed by atoms with Crippen LogP contribution in [0.3, 0.4) is 0 Å². The molecular formula is C25H26N8O. The van der Waals surface area contributed by atoms with Crippen LogP contribution in [-0.4, -0.2) is 48.9 Å². The van der Waals surface area contributed by atoms with Gasteiger partial charge in [0.25, 0.3) is 0 Å². The lowest BCUT2D eigenvalue weighted by molar-refractivity contribution is -0.120. The number of amides is 1. The molecule has 1 fully saturated rings. The van der Waals surface area contributed by atoms with Crippen LogP contribution in [0.4, 0.5) is 11.6 Å². The van der Waals surface area contributed by atoms with Crippen molar-refractivity contribution in [2.45, 2.75) is 26.7 Å². The van der Waals surface area contributed by atoms with E-state index >= 15 is 0 Å². The highest BCUT2D eigenvalue weighted by molar-refractivity contribution is 5.92. The van der Waals surface area contributed by atoms with Crippen LogP contribution in [0.1, 0.15) is 24.2 Å². The molecule has 172 valence electrons. The molecule has 0 spiro atoms. The summed E-state index contributed by atoms with van der Waals surface area (Å²) in [5, 5.41) is 16.2. The average molecular weight is 455 g/mol. The molecule has 0 radical (unpaired) electrons. The number of nitrogens with one attached hydrogen (secondary N) is 1. The van der Waals surface area contributed by atoms with Gasteiger partial charge in [-0.25, -0.2) is 14.6 Å². The van der Waals surface area contributed by atoms with Gasteiger partial charge in [-0.05, 0) is 44.9 Å². The topological polar surface area (TPSA) is 102 Å². The molecule has 0 bridgehead atoms. The van der Waals surface area contributed by atoms with Gasteiger partial charge in [-0.2, -0.15) is 5.10 Å². The van der Waals surface area contributed by atoms with Crippen molar-refractivity contribution in [3.63, 3.8) is 0 Å². The first kappa shape index (κ1) is 21.7. The fraction of sp³-hybridized carbons (Fsp3) is 0.280. The fourth-order valence-electron chi connectivity index (χ4n) is 4.28. The molecule has 1 aromatic carbocycles. The summed E-state index contributed by atoms with van der Waals surface area (Å²) in [7, 11) is 0. The van der Waals surface area contributed by atoms with E-state index in [4.69, 9.17) is 0 Å². The Hall–Kier alpha value is -4.14. The molecule has 1 aliphatic rings. The second kappa shape index (κ2) is 9.38. The zero-order valence-corrected chi connectivity index (χ0v) is 19.2. The molecule has 1 aliphatic heterocycles. The van der Waals surface area contributed by atoms with Crippen LogP contribution < -0.4 is 10.2 Å². The molecule has 1 amide bonds. The quantitative estimate of drug-likeness (QED) is 0.492. The Morgan fingerprint density at radius 2 is 1.85 bits per heavy atom. The SMILES string of the molecule is Cc1cc(C)n(-c2cc(NC(=O)C3CCCN(c4ccc(-c5ccccc5)nn4)C3)ncn2)n1. The second-order valence-corrected chi connectivity index (χ2v) is 8.52. The van der Waals surface area contributed by atoms with E-state index in [1.54, 1.807) is 10.7 Å². The van der Waals surface area contributed by atoms with E-state index in [1.165, 1.54) is 6.33 Å². The normalized spacial score (nSPS) is 15.8. The van der Waals surface area contributed by atoms with Gasteiger partial charge in [0.15, 0.2) is 11.6 Å². The summed E-state index contributed by atoms with van der Waals surface area (Å²) in [6, 6.07) is 17.6. The number of hydrogen-bond acceptors (Lipinski definition) is 7. The maximum absolute atomic E-state index is 13.0. The highest BCUT2D eigenvalue weighted by atomic mass is 16.2. The predicted molar refractivity (Wildman–Crippen MR) is 130 cm³/mol. The van der Waals surface area contributed by atoms with Crippen molar-refractivity contribution >= 4 is 17.5 Å². The summed E-state index contributed by atoms with van der Waals surface area (Å²) in [4.78, 5) is 23.7. The Morgan fingerprint density at radius 3 is 2.59 bits per heavy atom. The summed E-state index contributed by atoms with van der Waals surface area (Å²) in [6.45, 7) is 5.33. The number of nitrogens with zero attached hydrogens (tertiary/aromatic N) is 7. The molecule has 9 nitrogen and oxygen atoms in total. The van der Waals surface area contributed by atoms with Crippen LogP contribution in [0.15, 0.2) is 60.9 Å². The summed E-state index contributed by atoms with van der Waals surface area (Å²) < 4.78 is 1.74. The van der Waals surface area contributed by atoms with Crippen LogP contribution in [0.5, 0.6) is 0 Å². The first-order chi connectivity index (χ1) is 16.6. The minimum absolute atomic E-state index is 0.0587.